The number of hydrogen-bond donors (Lipinski definition) is 0. The summed E-state index contributed by atoms with van der Waals surface area (Å²) in [6.07, 6.45) is 1.94. The van der Waals surface area contributed by atoms with Crippen molar-refractivity contribution in [3.8, 4) is 15.9 Å². The Morgan fingerprint density at radius 3 is 3.06 bits per heavy atom. The number of ether oxygens (including phenoxy) is 1. The molecule has 0 amide bonds. The Bertz CT molecular complexity index is 444. The van der Waals surface area contributed by atoms with Gasteiger partial charge in [0.2, 0.25) is 0 Å². The average molecular weight is 382 g/mol. The summed E-state index contributed by atoms with van der Waals surface area (Å²) >= 11 is 6.29. The van der Waals surface area contributed by atoms with Gasteiger partial charge in [0.15, 0.2) is 0 Å². The predicted molar refractivity (Wildman–Crippen MR) is 77.1 cm³/mol. The first-order valence-electron chi connectivity index (χ1n) is 4.06. The van der Waals surface area contributed by atoms with Gasteiger partial charge in [0.05, 0.1) is 10.1 Å². The van der Waals surface area contributed by atoms with Gasteiger partial charge in [0.25, 0.3) is 0 Å². The zero-order chi connectivity index (χ0) is 11.8. The number of thioether (sulfide) groups is 2. The van der Waals surface area contributed by atoms with E-state index in [9.17, 15) is 0 Å². The van der Waals surface area contributed by atoms with Crippen LogP contribution in [-0.4, -0.2) is 23.2 Å². The first-order valence-corrected chi connectivity index (χ1v) is 8.12. The minimum atomic E-state index is 0.414. The normalized spacial score (nSPS) is 9.31. The maximum absolute atomic E-state index is 8.99. The molecule has 0 saturated carbocycles. The highest BCUT2D eigenvalue weighted by molar-refractivity contribution is 14.1. The van der Waals surface area contributed by atoms with Gasteiger partial charge in [-0.3, -0.25) is 0 Å². The minimum absolute atomic E-state index is 0.414. The van der Waals surface area contributed by atoms with E-state index in [0.717, 1.165) is 9.24 Å². The lowest BCUT2D eigenvalue weighted by Gasteiger charge is -1.97. The summed E-state index contributed by atoms with van der Waals surface area (Å²) in [5.41, 5.74) is 0.658. The predicted octanol–water partition coefficient (Wildman–Crippen LogP) is 3.20. The van der Waals surface area contributed by atoms with Crippen molar-refractivity contribution in [3.05, 3.63) is 5.56 Å². The molecule has 0 aliphatic carbocycles. The van der Waals surface area contributed by atoms with E-state index in [1.54, 1.807) is 11.8 Å². The van der Waals surface area contributed by atoms with E-state index in [4.69, 9.17) is 10.00 Å². The third kappa shape index (κ3) is 4.15. The van der Waals surface area contributed by atoms with Crippen LogP contribution in [0.1, 0.15) is 5.56 Å². The van der Waals surface area contributed by atoms with Gasteiger partial charge in [-0.05, 0) is 21.7 Å². The lowest BCUT2D eigenvalue weighted by atomic mass is 10.4. The monoisotopic (exact) mass is 382 g/mol. The number of rotatable bonds is 5. The largest absolute Gasteiger partial charge is 0.358 e. The van der Waals surface area contributed by atoms with E-state index < -0.39 is 0 Å². The lowest BCUT2D eigenvalue weighted by Crippen LogP contribution is -1.90. The Hall–Kier alpha value is 0.0700. The zero-order valence-corrected chi connectivity index (χ0v) is 12.9. The summed E-state index contributed by atoms with van der Waals surface area (Å²) < 4.78 is 13.1. The molecule has 0 N–H and O–H groups in total. The van der Waals surface area contributed by atoms with Crippen LogP contribution in [0, 0.1) is 21.2 Å². The molecule has 1 rings (SSSR count). The van der Waals surface area contributed by atoms with E-state index in [1.807, 2.05) is 28.8 Å². The summed E-state index contributed by atoms with van der Waals surface area (Å²) in [6, 6.07) is 2.17. The fourth-order valence-electron chi connectivity index (χ4n) is 0.810. The van der Waals surface area contributed by atoms with Crippen molar-refractivity contribution in [2.75, 3.05) is 18.8 Å². The molecular formula is C9H7IN2OS3. The number of nitriles is 1. The maximum Gasteiger partial charge on any atom is 0.131 e. The number of halogens is 1. The molecule has 0 atom stereocenters. The first kappa shape index (κ1) is 14.1. The summed E-state index contributed by atoms with van der Waals surface area (Å²) in [6.45, 7) is 0.414. The van der Waals surface area contributed by atoms with Crippen LogP contribution < -0.4 is 0 Å². The second-order valence-corrected chi connectivity index (χ2v) is 5.65. The van der Waals surface area contributed by atoms with Crippen molar-refractivity contribution >= 4 is 57.6 Å². The molecule has 0 aliphatic heterocycles. The Labute approximate surface area is 121 Å². The molecule has 0 bridgehead atoms. The molecular weight excluding hydrogens is 375 g/mol. The van der Waals surface area contributed by atoms with Crippen LogP contribution in [0.4, 0.5) is 0 Å². The number of nitrogens with zero attached hydrogens (tertiary/aromatic N) is 2. The third-order valence-corrected chi connectivity index (χ3v) is 4.74. The van der Waals surface area contributed by atoms with Crippen molar-refractivity contribution in [1.82, 2.24) is 4.37 Å². The van der Waals surface area contributed by atoms with Gasteiger partial charge < -0.3 is 4.74 Å². The van der Waals surface area contributed by atoms with Crippen LogP contribution in [0.3, 0.4) is 0 Å². The second kappa shape index (κ2) is 8.20. The van der Waals surface area contributed by atoms with Crippen LogP contribution in [0.5, 0.6) is 0 Å². The Morgan fingerprint density at radius 2 is 2.44 bits per heavy atom. The minimum Gasteiger partial charge on any atom is -0.358 e. The van der Waals surface area contributed by atoms with Crippen LogP contribution in [0.25, 0.3) is 0 Å². The molecule has 0 saturated heterocycles. The van der Waals surface area contributed by atoms with Gasteiger partial charge in [-0.1, -0.05) is 17.7 Å². The summed E-state index contributed by atoms with van der Waals surface area (Å²) in [5.74, 6) is 3.26. The fraction of sp³-hybridized carbons (Fsp3) is 0.333. The zero-order valence-electron chi connectivity index (χ0n) is 8.32. The van der Waals surface area contributed by atoms with Gasteiger partial charge in [-0.15, -0.1) is 11.8 Å². The van der Waals surface area contributed by atoms with Crippen LogP contribution in [-0.2, 0) is 4.74 Å². The van der Waals surface area contributed by atoms with Crippen LogP contribution in [0.2, 0.25) is 0 Å². The molecule has 0 spiro atoms. The number of aromatic nitrogens is 1. The van der Waals surface area contributed by atoms with E-state index >= 15 is 0 Å². The van der Waals surface area contributed by atoms with Crippen molar-refractivity contribution in [2.45, 2.75) is 9.24 Å². The van der Waals surface area contributed by atoms with E-state index in [-0.39, 0.29) is 0 Å². The first-order chi connectivity index (χ1) is 7.83. The van der Waals surface area contributed by atoms with E-state index in [2.05, 4.69) is 20.3 Å². The molecule has 84 valence electrons. The Balaban J connectivity index is 2.50. The number of hydrogen-bond acceptors (Lipinski definition) is 6. The molecule has 16 heavy (non-hydrogen) atoms. The van der Waals surface area contributed by atoms with E-state index in [1.165, 1.54) is 23.3 Å². The second-order valence-electron chi connectivity index (χ2n) is 2.35. The molecule has 0 fully saturated rings. The standard InChI is InChI=1S/C9H7IN2OS3/c1-14-9-7(5-11)8(12-16-9)15-6-13-4-2-3-10/h4,6H2,1H3. The van der Waals surface area contributed by atoms with Gasteiger partial charge in [0.1, 0.15) is 23.3 Å². The van der Waals surface area contributed by atoms with Crippen molar-refractivity contribution in [1.29, 1.82) is 5.26 Å². The van der Waals surface area contributed by atoms with Crippen LogP contribution >= 0.6 is 57.6 Å². The van der Waals surface area contributed by atoms with Gasteiger partial charge >= 0.3 is 0 Å². The summed E-state index contributed by atoms with van der Waals surface area (Å²) in [7, 11) is 0. The topological polar surface area (TPSA) is 45.9 Å². The lowest BCUT2D eigenvalue weighted by molar-refractivity contribution is 0.222. The molecule has 7 heteroatoms. The van der Waals surface area contributed by atoms with Crippen molar-refractivity contribution < 1.29 is 4.74 Å². The molecule has 3 nitrogen and oxygen atoms in total. The molecule has 0 radical (unpaired) electrons. The molecule has 1 heterocycles. The van der Waals surface area contributed by atoms with E-state index in [0.29, 0.717) is 18.1 Å². The highest BCUT2D eigenvalue weighted by Crippen LogP contribution is 2.32. The smallest absolute Gasteiger partial charge is 0.131 e. The highest BCUT2D eigenvalue weighted by Gasteiger charge is 2.12. The summed E-state index contributed by atoms with van der Waals surface area (Å²) in [4.78, 5) is 0. The average Bonchev–Trinajstić information content (AvgIpc) is 2.71. The molecule has 0 aromatic carbocycles. The van der Waals surface area contributed by atoms with Crippen molar-refractivity contribution in [3.63, 3.8) is 0 Å². The Morgan fingerprint density at radius 1 is 1.62 bits per heavy atom. The molecule has 0 aliphatic rings. The third-order valence-electron chi connectivity index (χ3n) is 1.45. The van der Waals surface area contributed by atoms with Crippen molar-refractivity contribution in [2.24, 2.45) is 0 Å². The highest BCUT2D eigenvalue weighted by atomic mass is 127. The summed E-state index contributed by atoms with van der Waals surface area (Å²) in [5, 5.41) is 9.74. The Kier molecular flexibility index (Phi) is 7.25. The quantitative estimate of drug-likeness (QED) is 0.257. The van der Waals surface area contributed by atoms with Gasteiger partial charge in [-0.2, -0.15) is 9.64 Å². The SMILES string of the molecule is CSc1snc(SCOCC#CI)c1C#N. The van der Waals surface area contributed by atoms with Crippen LogP contribution in [0.15, 0.2) is 9.24 Å². The maximum atomic E-state index is 8.99. The van der Waals surface area contributed by atoms with Gasteiger partial charge in [-0.25, -0.2) is 0 Å². The molecule has 1 aromatic rings. The molecule has 1 aromatic heterocycles. The fourth-order valence-corrected chi connectivity index (χ4v) is 3.24. The van der Waals surface area contributed by atoms with Gasteiger partial charge in [0, 0.05) is 22.6 Å². The molecule has 0 unspecified atom stereocenters.